The SMILES string of the molecule is CC(=O)NC(CCCN=C(N)N)C(=O)NC1CCCNC(=O)CCC(C(N)=O)NC(=O)CNC(=O)CNC(=O)C(Cc2ccc(C)c(F)c2)NC(=O)CNC1=O. The maximum Gasteiger partial charge on any atom is 0.243 e. The zero-order valence-corrected chi connectivity index (χ0v) is 31.3. The van der Waals surface area contributed by atoms with E-state index in [4.69, 9.17) is 17.2 Å². The van der Waals surface area contributed by atoms with Crippen molar-refractivity contribution in [1.29, 1.82) is 0 Å². The molecule has 4 unspecified atom stereocenters. The standard InChI is InChI=1S/C34H51FN12O9/c1-18-7-8-20(13-21(18)35)14-25-32(55)42-15-27(50)41-16-28(51)45-22(30(36)53)9-10-26(49)39-11-3-5-23(31(54)43-17-29(52)46-25)47-33(56)24(44-19(2)48)6-4-12-40-34(37)38/h7-8,13,22-25H,3-6,9-12,14-17H2,1-2H3,(H2,36,53)(H,39,49)(H,41,50)(H,42,55)(H,43,54)(H,44,48)(H,45,51)(H,46,52)(H,47,56)(H4,37,38,40). The van der Waals surface area contributed by atoms with Crippen LogP contribution in [0.25, 0.3) is 0 Å². The van der Waals surface area contributed by atoms with Gasteiger partial charge in [0.05, 0.1) is 19.6 Å². The average molecular weight is 791 g/mol. The predicted octanol–water partition coefficient (Wildman–Crippen LogP) is -4.79. The lowest BCUT2D eigenvalue weighted by molar-refractivity contribution is -0.133. The van der Waals surface area contributed by atoms with Gasteiger partial charge in [-0.05, 0) is 56.2 Å². The van der Waals surface area contributed by atoms with Crippen molar-refractivity contribution in [2.45, 2.75) is 83.0 Å². The third-order valence-corrected chi connectivity index (χ3v) is 8.22. The molecular formula is C34H51FN12O9. The van der Waals surface area contributed by atoms with E-state index in [-0.39, 0.29) is 64.0 Å². The molecule has 0 spiro atoms. The Morgan fingerprint density at radius 2 is 1.54 bits per heavy atom. The number of carbonyl (C=O) groups is 9. The van der Waals surface area contributed by atoms with Crippen molar-refractivity contribution in [3.8, 4) is 0 Å². The highest BCUT2D eigenvalue weighted by Gasteiger charge is 2.28. The first-order valence-electron chi connectivity index (χ1n) is 17.8. The fourth-order valence-corrected chi connectivity index (χ4v) is 5.26. The average Bonchev–Trinajstić information content (AvgIpc) is 3.13. The van der Waals surface area contributed by atoms with Gasteiger partial charge in [0.25, 0.3) is 0 Å². The van der Waals surface area contributed by atoms with E-state index in [2.05, 4.69) is 47.5 Å². The number of amides is 9. The normalized spacial score (nSPS) is 20.3. The highest BCUT2D eigenvalue weighted by molar-refractivity contribution is 5.95. The summed E-state index contributed by atoms with van der Waals surface area (Å²) in [4.78, 5) is 118. The monoisotopic (exact) mass is 790 g/mol. The molecule has 308 valence electrons. The molecule has 0 aromatic heterocycles. The number of nitrogens with two attached hydrogens (primary N) is 3. The number of primary amides is 1. The Kier molecular flexibility index (Phi) is 19.2. The predicted molar refractivity (Wildman–Crippen MR) is 198 cm³/mol. The van der Waals surface area contributed by atoms with Crippen LogP contribution in [0.1, 0.15) is 56.6 Å². The molecule has 0 aliphatic carbocycles. The van der Waals surface area contributed by atoms with Crippen LogP contribution in [0.15, 0.2) is 23.2 Å². The minimum atomic E-state index is -1.37. The van der Waals surface area contributed by atoms with E-state index in [0.29, 0.717) is 11.1 Å². The first kappa shape index (κ1) is 45.8. The summed E-state index contributed by atoms with van der Waals surface area (Å²) in [6.07, 6.45) is -0.205. The van der Waals surface area contributed by atoms with Crippen molar-refractivity contribution in [3.05, 3.63) is 35.1 Å². The molecule has 1 fully saturated rings. The Labute approximate surface area is 322 Å². The number of nitrogens with one attached hydrogen (secondary N) is 8. The highest BCUT2D eigenvalue weighted by atomic mass is 19.1. The summed E-state index contributed by atoms with van der Waals surface area (Å²) in [5, 5.41) is 19.5. The van der Waals surface area contributed by atoms with Crippen LogP contribution in [-0.4, -0.2) is 116 Å². The van der Waals surface area contributed by atoms with E-state index in [1.54, 1.807) is 6.07 Å². The maximum absolute atomic E-state index is 14.3. The van der Waals surface area contributed by atoms with Crippen molar-refractivity contribution < 1.29 is 47.5 Å². The van der Waals surface area contributed by atoms with E-state index in [9.17, 15) is 47.5 Å². The Hall–Kier alpha value is -6.35. The number of aliphatic imine (C=N–C) groups is 1. The summed E-state index contributed by atoms with van der Waals surface area (Å²) in [7, 11) is 0. The van der Waals surface area contributed by atoms with Crippen LogP contribution in [0.4, 0.5) is 4.39 Å². The number of rotatable bonds is 10. The van der Waals surface area contributed by atoms with Gasteiger partial charge in [-0.2, -0.15) is 0 Å². The Morgan fingerprint density at radius 3 is 2.20 bits per heavy atom. The van der Waals surface area contributed by atoms with Crippen molar-refractivity contribution in [2.75, 3.05) is 32.7 Å². The summed E-state index contributed by atoms with van der Waals surface area (Å²) in [5.74, 6) is -7.60. The Morgan fingerprint density at radius 1 is 0.875 bits per heavy atom. The van der Waals surface area contributed by atoms with Gasteiger partial charge in [-0.15, -0.1) is 0 Å². The molecule has 4 atom stereocenters. The molecule has 21 nitrogen and oxygen atoms in total. The van der Waals surface area contributed by atoms with E-state index in [1.165, 1.54) is 26.0 Å². The molecule has 0 radical (unpaired) electrons. The smallest absolute Gasteiger partial charge is 0.243 e. The molecule has 1 saturated heterocycles. The molecule has 56 heavy (non-hydrogen) atoms. The van der Waals surface area contributed by atoms with Gasteiger partial charge in [-0.25, -0.2) is 4.39 Å². The van der Waals surface area contributed by atoms with Crippen molar-refractivity contribution in [3.63, 3.8) is 0 Å². The van der Waals surface area contributed by atoms with Crippen LogP contribution in [0.2, 0.25) is 0 Å². The quantitative estimate of drug-likeness (QED) is 0.0607. The second kappa shape index (κ2) is 23.4. The molecule has 1 aromatic rings. The topological polar surface area (TPSA) is 340 Å². The summed E-state index contributed by atoms with van der Waals surface area (Å²) in [6.45, 7) is 0.963. The lowest BCUT2D eigenvalue weighted by Crippen LogP contribution is -2.55. The Bertz CT molecular complexity index is 1650. The van der Waals surface area contributed by atoms with Gasteiger partial charge in [-0.1, -0.05) is 12.1 Å². The number of halogens is 1. The third kappa shape index (κ3) is 17.6. The number of aryl methyl sites for hydroxylation is 1. The third-order valence-electron chi connectivity index (χ3n) is 8.22. The van der Waals surface area contributed by atoms with E-state index >= 15 is 0 Å². The van der Waals surface area contributed by atoms with Crippen molar-refractivity contribution >= 4 is 59.1 Å². The van der Waals surface area contributed by atoms with Crippen molar-refractivity contribution in [1.82, 2.24) is 42.5 Å². The molecule has 0 saturated carbocycles. The van der Waals surface area contributed by atoms with E-state index in [0.717, 1.165) is 0 Å². The van der Waals surface area contributed by atoms with Crippen LogP contribution in [0.5, 0.6) is 0 Å². The number of guanidine groups is 1. The van der Waals surface area contributed by atoms with E-state index in [1.807, 2.05) is 0 Å². The molecule has 14 N–H and O–H groups in total. The molecule has 9 amide bonds. The van der Waals surface area contributed by atoms with Gasteiger partial charge in [0.2, 0.25) is 53.2 Å². The lowest BCUT2D eigenvalue weighted by atomic mass is 10.0. The van der Waals surface area contributed by atoms with Gasteiger partial charge < -0.3 is 59.7 Å². The van der Waals surface area contributed by atoms with Crippen LogP contribution in [-0.2, 0) is 49.6 Å². The molecule has 1 heterocycles. The summed E-state index contributed by atoms with van der Waals surface area (Å²) >= 11 is 0. The largest absolute Gasteiger partial charge is 0.370 e. The fourth-order valence-electron chi connectivity index (χ4n) is 5.26. The van der Waals surface area contributed by atoms with Gasteiger partial charge in [0, 0.05) is 32.9 Å². The summed E-state index contributed by atoms with van der Waals surface area (Å²) in [5.41, 5.74) is 16.7. The van der Waals surface area contributed by atoms with Gasteiger partial charge in [-0.3, -0.25) is 48.1 Å². The first-order chi connectivity index (χ1) is 26.4. The molecule has 1 aliphatic rings. The minimum absolute atomic E-state index is 0.00261. The molecule has 1 aliphatic heterocycles. The van der Waals surface area contributed by atoms with Gasteiger partial charge in [0.15, 0.2) is 5.96 Å². The molecular weight excluding hydrogens is 739 g/mol. The number of hydrogen-bond donors (Lipinski definition) is 11. The van der Waals surface area contributed by atoms with Crippen LogP contribution in [0.3, 0.4) is 0 Å². The summed E-state index contributed by atoms with van der Waals surface area (Å²) < 4.78 is 14.3. The second-order valence-electron chi connectivity index (χ2n) is 12.9. The van der Waals surface area contributed by atoms with Crippen LogP contribution in [0, 0.1) is 12.7 Å². The molecule has 1 aromatic carbocycles. The van der Waals surface area contributed by atoms with Crippen molar-refractivity contribution in [2.24, 2.45) is 22.2 Å². The zero-order chi connectivity index (χ0) is 41.8. The molecule has 22 heteroatoms. The first-order valence-corrected chi connectivity index (χ1v) is 17.8. The fraction of sp³-hybridized carbons (Fsp3) is 0.529. The van der Waals surface area contributed by atoms with E-state index < -0.39 is 103 Å². The molecule has 2 rings (SSSR count). The number of nitrogens with zero attached hydrogens (tertiary/aromatic N) is 1. The highest BCUT2D eigenvalue weighted by Crippen LogP contribution is 2.12. The number of carbonyl (C=O) groups excluding carboxylic acids is 9. The maximum atomic E-state index is 14.3. The Balaban J connectivity index is 2.33. The zero-order valence-electron chi connectivity index (χ0n) is 31.3. The number of hydrogen-bond acceptors (Lipinski definition) is 10. The summed E-state index contributed by atoms with van der Waals surface area (Å²) in [6, 6.07) is -0.818. The van der Waals surface area contributed by atoms with Crippen LogP contribution >= 0.6 is 0 Å². The number of benzene rings is 1. The minimum Gasteiger partial charge on any atom is -0.370 e. The second-order valence-corrected chi connectivity index (χ2v) is 12.9. The van der Waals surface area contributed by atoms with Gasteiger partial charge in [0.1, 0.15) is 30.0 Å². The van der Waals surface area contributed by atoms with Crippen LogP contribution < -0.4 is 59.7 Å². The lowest BCUT2D eigenvalue weighted by Gasteiger charge is -2.23. The molecule has 0 bridgehead atoms. The van der Waals surface area contributed by atoms with Gasteiger partial charge >= 0.3 is 0 Å².